The van der Waals surface area contributed by atoms with Crippen molar-refractivity contribution in [3.8, 4) is 11.5 Å². The summed E-state index contributed by atoms with van der Waals surface area (Å²) in [5.41, 5.74) is 1.77. The fourth-order valence-electron chi connectivity index (χ4n) is 4.22. The van der Waals surface area contributed by atoms with E-state index in [4.69, 9.17) is 4.18 Å². The zero-order valence-corrected chi connectivity index (χ0v) is 20.6. The highest BCUT2D eigenvalue weighted by Crippen LogP contribution is 2.35. The van der Waals surface area contributed by atoms with Gasteiger partial charge in [0.15, 0.2) is 5.75 Å². The van der Waals surface area contributed by atoms with Crippen LogP contribution in [0.5, 0.6) is 11.5 Å². The first-order valence-corrected chi connectivity index (χ1v) is 12.7. The van der Waals surface area contributed by atoms with Crippen molar-refractivity contribution in [3.63, 3.8) is 0 Å². The lowest BCUT2D eigenvalue weighted by Crippen LogP contribution is -2.12. The molecule has 36 heavy (non-hydrogen) atoms. The lowest BCUT2D eigenvalue weighted by Gasteiger charge is -2.17. The van der Waals surface area contributed by atoms with Crippen molar-refractivity contribution < 1.29 is 17.7 Å². The number of rotatable bonds is 6. The summed E-state index contributed by atoms with van der Waals surface area (Å²) in [4.78, 5) is 6.50. The molecule has 0 bridgehead atoms. The predicted octanol–water partition coefficient (Wildman–Crippen LogP) is 6.28. The van der Waals surface area contributed by atoms with Crippen LogP contribution in [0.1, 0.15) is 5.56 Å². The molecule has 0 radical (unpaired) electrons. The van der Waals surface area contributed by atoms with Gasteiger partial charge in [0.1, 0.15) is 16.3 Å². The second-order valence-electron chi connectivity index (χ2n) is 8.51. The van der Waals surface area contributed by atoms with Crippen LogP contribution in [0.15, 0.2) is 107 Å². The van der Waals surface area contributed by atoms with Crippen LogP contribution in [-0.2, 0) is 10.1 Å². The van der Waals surface area contributed by atoms with E-state index in [9.17, 15) is 13.5 Å². The van der Waals surface area contributed by atoms with Crippen LogP contribution in [0.2, 0.25) is 0 Å². The molecule has 0 aromatic heterocycles. The van der Waals surface area contributed by atoms with Gasteiger partial charge in [0.25, 0.3) is 0 Å². The van der Waals surface area contributed by atoms with E-state index in [1.807, 2.05) is 67.5 Å². The van der Waals surface area contributed by atoms with Gasteiger partial charge in [-0.1, -0.05) is 66.7 Å². The van der Waals surface area contributed by atoms with Crippen molar-refractivity contribution in [2.24, 2.45) is 4.99 Å². The molecule has 1 N–H and O–H groups in total. The molecule has 0 unspecified atom stereocenters. The average Bonchev–Trinajstić information content (AvgIpc) is 2.88. The first-order chi connectivity index (χ1) is 17.3. The van der Waals surface area contributed by atoms with Crippen molar-refractivity contribution >= 4 is 49.3 Å². The molecule has 0 fully saturated rings. The molecule has 5 aromatic carbocycles. The van der Waals surface area contributed by atoms with Gasteiger partial charge in [0, 0.05) is 42.3 Å². The molecule has 0 aliphatic heterocycles. The van der Waals surface area contributed by atoms with Crippen LogP contribution in [-0.4, -0.2) is 33.8 Å². The Morgan fingerprint density at radius 2 is 1.47 bits per heavy atom. The van der Waals surface area contributed by atoms with Crippen LogP contribution in [0.3, 0.4) is 0 Å². The first-order valence-electron chi connectivity index (χ1n) is 11.3. The minimum absolute atomic E-state index is 0.0779. The smallest absolute Gasteiger partial charge is 0.339 e. The van der Waals surface area contributed by atoms with Gasteiger partial charge in [-0.05, 0) is 41.1 Å². The Morgan fingerprint density at radius 3 is 2.31 bits per heavy atom. The standard InChI is InChI=1S/C29H24N2O4S/c1-31(2)26-14-7-12-23-22(26)11-8-16-29(23)36(33,34)35-28-15-6-5-13-25(28)30-19-24-21-10-4-3-9-20(21)17-18-27(24)32/h3-19,32H,1-2H3. The summed E-state index contributed by atoms with van der Waals surface area (Å²) in [5, 5.41) is 13.6. The zero-order chi connectivity index (χ0) is 25.3. The van der Waals surface area contributed by atoms with E-state index in [-0.39, 0.29) is 16.4 Å². The summed E-state index contributed by atoms with van der Waals surface area (Å²) in [6, 6.07) is 28.4. The van der Waals surface area contributed by atoms with Crippen LogP contribution in [0.25, 0.3) is 21.5 Å². The monoisotopic (exact) mass is 496 g/mol. The lowest BCUT2D eigenvalue weighted by molar-refractivity contribution is 0.475. The third-order valence-electron chi connectivity index (χ3n) is 5.96. The van der Waals surface area contributed by atoms with E-state index < -0.39 is 10.1 Å². The highest BCUT2D eigenvalue weighted by atomic mass is 32.2. The van der Waals surface area contributed by atoms with Crippen LogP contribution >= 0.6 is 0 Å². The van der Waals surface area contributed by atoms with Gasteiger partial charge in [-0.25, -0.2) is 0 Å². The van der Waals surface area contributed by atoms with Gasteiger partial charge in [-0.15, -0.1) is 0 Å². The molecule has 6 nitrogen and oxygen atoms in total. The molecule has 0 aliphatic rings. The number of hydrogen-bond acceptors (Lipinski definition) is 6. The van der Waals surface area contributed by atoms with Crippen molar-refractivity contribution in [1.29, 1.82) is 0 Å². The summed E-state index contributed by atoms with van der Waals surface area (Å²) in [6.45, 7) is 0. The molecule has 7 heteroatoms. The van der Waals surface area contributed by atoms with Gasteiger partial charge in [-0.3, -0.25) is 4.99 Å². The maximum absolute atomic E-state index is 13.4. The Hall–Kier alpha value is -4.36. The summed E-state index contributed by atoms with van der Waals surface area (Å²) < 4.78 is 32.5. The molecule has 0 atom stereocenters. The summed E-state index contributed by atoms with van der Waals surface area (Å²) in [5.74, 6) is 0.171. The quantitative estimate of drug-likeness (QED) is 0.221. The molecule has 0 heterocycles. The number of anilines is 1. The number of phenols is 1. The van der Waals surface area contributed by atoms with Gasteiger partial charge >= 0.3 is 10.1 Å². The summed E-state index contributed by atoms with van der Waals surface area (Å²) in [6.07, 6.45) is 1.52. The molecule has 0 saturated carbocycles. The van der Waals surface area contributed by atoms with Crippen molar-refractivity contribution in [3.05, 3.63) is 103 Å². The van der Waals surface area contributed by atoms with Crippen LogP contribution in [0, 0.1) is 0 Å². The van der Waals surface area contributed by atoms with Gasteiger partial charge in [-0.2, -0.15) is 8.42 Å². The number of hydrogen-bond donors (Lipinski definition) is 1. The molecule has 0 amide bonds. The van der Waals surface area contributed by atoms with Gasteiger partial charge in [0.2, 0.25) is 0 Å². The number of nitrogens with zero attached hydrogens (tertiary/aromatic N) is 2. The van der Waals surface area contributed by atoms with Crippen molar-refractivity contribution in [2.75, 3.05) is 19.0 Å². The molecule has 180 valence electrons. The molecule has 0 aliphatic carbocycles. The minimum atomic E-state index is -4.17. The topological polar surface area (TPSA) is 79.2 Å². The zero-order valence-electron chi connectivity index (χ0n) is 19.8. The highest BCUT2D eigenvalue weighted by Gasteiger charge is 2.22. The first kappa shape index (κ1) is 23.4. The highest BCUT2D eigenvalue weighted by molar-refractivity contribution is 7.87. The number of benzene rings is 5. The number of aromatic hydroxyl groups is 1. The Labute approximate surface area is 209 Å². The van der Waals surface area contributed by atoms with Crippen LogP contribution < -0.4 is 9.08 Å². The fraction of sp³-hybridized carbons (Fsp3) is 0.0690. The lowest BCUT2D eigenvalue weighted by atomic mass is 10.0. The Bertz CT molecular complexity index is 1730. The SMILES string of the molecule is CN(C)c1cccc2c(S(=O)(=O)Oc3ccccc3N=Cc3c(O)ccc4ccccc34)cccc12. The van der Waals surface area contributed by atoms with E-state index in [0.29, 0.717) is 16.6 Å². The third kappa shape index (κ3) is 4.36. The van der Waals surface area contributed by atoms with E-state index in [0.717, 1.165) is 21.8 Å². The number of aliphatic imine (C=N–C) groups is 1. The Morgan fingerprint density at radius 1 is 0.778 bits per heavy atom. The Balaban J connectivity index is 1.54. The van der Waals surface area contributed by atoms with Crippen LogP contribution in [0.4, 0.5) is 11.4 Å². The third-order valence-corrected chi connectivity index (χ3v) is 7.25. The van der Waals surface area contributed by atoms with E-state index in [2.05, 4.69) is 4.99 Å². The second-order valence-corrected chi connectivity index (χ2v) is 10.0. The van der Waals surface area contributed by atoms with E-state index in [1.165, 1.54) is 12.3 Å². The maximum atomic E-state index is 13.4. The molecular formula is C29H24N2O4S. The normalized spacial score (nSPS) is 11.8. The largest absolute Gasteiger partial charge is 0.507 e. The van der Waals surface area contributed by atoms with E-state index in [1.54, 1.807) is 42.5 Å². The summed E-state index contributed by atoms with van der Waals surface area (Å²) >= 11 is 0. The number of fused-ring (bicyclic) bond motifs is 2. The number of para-hydroxylation sites is 2. The summed E-state index contributed by atoms with van der Waals surface area (Å²) in [7, 11) is -0.350. The minimum Gasteiger partial charge on any atom is -0.507 e. The fourth-order valence-corrected chi connectivity index (χ4v) is 5.38. The van der Waals surface area contributed by atoms with Crippen molar-refractivity contribution in [2.45, 2.75) is 4.90 Å². The molecule has 0 spiro atoms. The average molecular weight is 497 g/mol. The Kier molecular flexibility index (Phi) is 6.08. The van der Waals surface area contributed by atoms with E-state index >= 15 is 0 Å². The van der Waals surface area contributed by atoms with Gasteiger partial charge in [0.05, 0.1) is 0 Å². The second kappa shape index (κ2) is 9.36. The van der Waals surface area contributed by atoms with Gasteiger partial charge < -0.3 is 14.2 Å². The molecule has 5 rings (SSSR count). The maximum Gasteiger partial charge on any atom is 0.339 e. The predicted molar refractivity (Wildman–Crippen MR) is 145 cm³/mol. The molecule has 0 saturated heterocycles. The molecule has 5 aromatic rings. The van der Waals surface area contributed by atoms with Crippen molar-refractivity contribution in [1.82, 2.24) is 0 Å². The number of phenolic OH excluding ortho intramolecular Hbond substituents is 1. The molecular weight excluding hydrogens is 472 g/mol.